The van der Waals surface area contributed by atoms with Gasteiger partial charge in [0.1, 0.15) is 11.5 Å². The zero-order valence-corrected chi connectivity index (χ0v) is 36.4. The Morgan fingerprint density at radius 3 is 1.43 bits per heavy atom. The third kappa shape index (κ3) is 10.2. The molecule has 0 radical (unpaired) electrons. The van der Waals surface area contributed by atoms with Crippen LogP contribution in [0.1, 0.15) is 106 Å². The summed E-state index contributed by atoms with van der Waals surface area (Å²) in [5.74, 6) is 7.71. The van der Waals surface area contributed by atoms with E-state index >= 15 is 0 Å². The quantitative estimate of drug-likeness (QED) is 0.0557. The third-order valence-corrected chi connectivity index (χ3v) is 10.3. The summed E-state index contributed by atoms with van der Waals surface area (Å²) in [5.41, 5.74) is 17.7. The van der Waals surface area contributed by atoms with E-state index in [9.17, 15) is 38.4 Å². The van der Waals surface area contributed by atoms with Gasteiger partial charge in [-0.1, -0.05) is 60.2 Å². The Morgan fingerprint density at radius 1 is 0.357 bits per heavy atom. The molecule has 11 rings (SSSR count). The maximum atomic E-state index is 11.8. The van der Waals surface area contributed by atoms with Gasteiger partial charge in [-0.2, -0.15) is 0 Å². The van der Waals surface area contributed by atoms with Crippen LogP contribution in [0.25, 0.3) is 11.1 Å². The highest BCUT2D eigenvalue weighted by Crippen LogP contribution is 2.34. The Balaban J connectivity index is 0.000000128. The Bertz CT molecular complexity index is 3500. The summed E-state index contributed by atoms with van der Waals surface area (Å²) in [5, 5.41) is 0. The van der Waals surface area contributed by atoms with Gasteiger partial charge in [0.25, 0.3) is 0 Å². The predicted octanol–water partition coefficient (Wildman–Crippen LogP) is 8.38. The highest BCUT2D eigenvalue weighted by Gasteiger charge is 2.35. The van der Waals surface area contributed by atoms with Crippen LogP contribution in [0.4, 0.5) is 11.4 Å². The van der Waals surface area contributed by atoms with Crippen molar-refractivity contribution >= 4 is 59.1 Å². The molecule has 15 heteroatoms. The minimum Gasteiger partial charge on any atom is -0.457 e. The van der Waals surface area contributed by atoms with E-state index in [0.717, 1.165) is 22.7 Å². The van der Waals surface area contributed by atoms with E-state index in [-0.39, 0.29) is 27.8 Å². The number of hydrogen-bond acceptors (Lipinski definition) is 15. The number of anilines is 2. The van der Waals surface area contributed by atoms with E-state index in [0.29, 0.717) is 44.6 Å². The minimum absolute atomic E-state index is 0.137. The molecule has 4 heterocycles. The summed E-state index contributed by atoms with van der Waals surface area (Å²) >= 11 is 0. The number of cyclic esters (lactones) is 8. The molecular formula is C55H32N2O13. The molecule has 7 aromatic carbocycles. The zero-order chi connectivity index (χ0) is 49.5. The Labute approximate surface area is 397 Å². The van der Waals surface area contributed by atoms with Gasteiger partial charge in [-0.15, -0.1) is 5.92 Å². The second-order valence-corrected chi connectivity index (χ2v) is 15.0. The van der Waals surface area contributed by atoms with Crippen LogP contribution in [-0.4, -0.2) is 47.8 Å². The number of rotatable bonds is 3. The highest BCUT2D eigenvalue weighted by molar-refractivity contribution is 6.19. The van der Waals surface area contributed by atoms with Crippen molar-refractivity contribution in [2.75, 3.05) is 11.5 Å². The molecule has 0 aromatic heterocycles. The molecular weight excluding hydrogens is 897 g/mol. The topological polar surface area (TPSA) is 235 Å². The number of fused-ring (bicyclic) bond motifs is 4. The molecule has 0 spiro atoms. The van der Waals surface area contributed by atoms with Gasteiger partial charge < -0.3 is 35.2 Å². The van der Waals surface area contributed by atoms with Gasteiger partial charge >= 0.3 is 47.8 Å². The van der Waals surface area contributed by atoms with Gasteiger partial charge in [-0.05, 0) is 121 Å². The van der Waals surface area contributed by atoms with Crippen LogP contribution in [0.15, 0.2) is 152 Å². The van der Waals surface area contributed by atoms with Crippen molar-refractivity contribution in [3.63, 3.8) is 0 Å². The normalized spacial score (nSPS) is 12.9. The van der Waals surface area contributed by atoms with Gasteiger partial charge in [-0.25, -0.2) is 38.4 Å². The molecule has 15 nitrogen and oxygen atoms in total. The van der Waals surface area contributed by atoms with Crippen molar-refractivity contribution in [2.24, 2.45) is 0 Å². The van der Waals surface area contributed by atoms with Gasteiger partial charge in [0.15, 0.2) is 0 Å². The number of nitrogens with two attached hydrogens (primary N) is 2. The van der Waals surface area contributed by atoms with Crippen LogP contribution in [0, 0.1) is 23.7 Å². The van der Waals surface area contributed by atoms with Crippen molar-refractivity contribution in [3.05, 3.63) is 213 Å². The molecule has 70 heavy (non-hydrogen) atoms. The molecule has 4 aliphatic heterocycles. The lowest BCUT2D eigenvalue weighted by Crippen LogP contribution is -1.99. The van der Waals surface area contributed by atoms with Crippen molar-refractivity contribution < 1.29 is 62.0 Å². The van der Waals surface area contributed by atoms with Crippen LogP contribution in [0.3, 0.4) is 0 Å². The van der Waals surface area contributed by atoms with Crippen molar-refractivity contribution in [1.29, 1.82) is 0 Å². The Hall–Kier alpha value is -10.4. The first-order valence-electron chi connectivity index (χ1n) is 20.8. The van der Waals surface area contributed by atoms with Crippen LogP contribution in [-0.2, 0) is 18.9 Å². The summed E-state index contributed by atoms with van der Waals surface area (Å²) < 4.78 is 23.7. The second kappa shape index (κ2) is 20.0. The molecule has 0 atom stereocenters. The molecule has 0 fully saturated rings. The molecule has 7 aromatic rings. The molecule has 0 bridgehead atoms. The van der Waals surface area contributed by atoms with E-state index in [1.54, 1.807) is 79.7 Å². The first-order chi connectivity index (χ1) is 33.8. The van der Waals surface area contributed by atoms with Crippen molar-refractivity contribution in [2.45, 2.75) is 6.92 Å². The van der Waals surface area contributed by atoms with Crippen LogP contribution >= 0.6 is 0 Å². The summed E-state index contributed by atoms with van der Waals surface area (Å²) in [6.45, 7) is 1.71. The average Bonchev–Trinajstić information content (AvgIpc) is 4.03. The Morgan fingerprint density at radius 2 is 0.843 bits per heavy atom. The molecule has 0 amide bonds. The number of benzene rings is 7. The number of esters is 8. The Kier molecular flexibility index (Phi) is 13.2. The molecule has 0 saturated heterocycles. The smallest absolute Gasteiger partial charge is 0.347 e. The van der Waals surface area contributed by atoms with Crippen LogP contribution < -0.4 is 16.2 Å². The van der Waals surface area contributed by atoms with Gasteiger partial charge in [0.05, 0.1) is 44.5 Å². The fraction of sp³-hybridized carbons (Fsp3) is 0.0182. The minimum atomic E-state index is -0.729. The molecule has 0 saturated carbocycles. The van der Waals surface area contributed by atoms with E-state index in [2.05, 4.69) is 42.6 Å². The number of carbonyl (C=O) groups excluding carboxylic acids is 8. The van der Waals surface area contributed by atoms with E-state index < -0.39 is 47.8 Å². The second-order valence-electron chi connectivity index (χ2n) is 15.0. The monoisotopic (exact) mass is 928 g/mol. The molecule has 4 N–H and O–H groups in total. The molecule has 340 valence electrons. The highest BCUT2D eigenvalue weighted by atomic mass is 16.6. The first-order valence-corrected chi connectivity index (χ1v) is 20.8. The summed E-state index contributed by atoms with van der Waals surface area (Å²) in [4.78, 5) is 91.4. The van der Waals surface area contributed by atoms with Gasteiger partial charge in [0.2, 0.25) is 0 Å². The standard InChI is InChI=1S/C16H6O6.C16H8O3.C12H12N2O.C11H6O3/c17-13-9-5-4-7(6-11(9)15(19)21-13)8-2-1-3-10-12(8)16(20)22-14(10)18;17-15-13-9-8-12(10-14(13)16(18)19-15)7-6-11-4-2-1-3-5-11;13-9-4-6-11(7-5-9)15-12-3-1-2-10(14)8-12;1-2-3-7-4-5-8-9(6-7)11(13)14-10(8)12/h1-6H;1-5,8-10H;1-8H,13-14H2;4-6H,1H3. The number of nitrogen functional groups attached to an aromatic ring is 2. The van der Waals surface area contributed by atoms with E-state index in [1.165, 1.54) is 18.2 Å². The zero-order valence-electron chi connectivity index (χ0n) is 36.4. The van der Waals surface area contributed by atoms with Gasteiger partial charge in [0, 0.05) is 34.1 Å². The summed E-state index contributed by atoms with van der Waals surface area (Å²) in [7, 11) is 0. The number of ether oxygens (including phenoxy) is 5. The lowest BCUT2D eigenvalue weighted by molar-refractivity contribution is 0.0425. The largest absolute Gasteiger partial charge is 0.457 e. The maximum absolute atomic E-state index is 11.8. The molecule has 0 aliphatic carbocycles. The lowest BCUT2D eigenvalue weighted by Gasteiger charge is -2.06. The van der Waals surface area contributed by atoms with Gasteiger partial charge in [-0.3, -0.25) is 0 Å². The van der Waals surface area contributed by atoms with Crippen LogP contribution in [0.5, 0.6) is 11.5 Å². The van der Waals surface area contributed by atoms with Crippen molar-refractivity contribution in [1.82, 2.24) is 0 Å². The molecule has 4 aliphatic rings. The van der Waals surface area contributed by atoms with E-state index in [4.69, 9.17) is 16.2 Å². The van der Waals surface area contributed by atoms with Crippen LogP contribution in [0.2, 0.25) is 0 Å². The molecule has 0 unspecified atom stereocenters. The maximum Gasteiger partial charge on any atom is 0.347 e. The predicted molar refractivity (Wildman–Crippen MR) is 251 cm³/mol. The first kappa shape index (κ1) is 46.2. The fourth-order valence-electron chi connectivity index (χ4n) is 7.01. The fourth-order valence-corrected chi connectivity index (χ4v) is 7.01. The van der Waals surface area contributed by atoms with E-state index in [1.807, 2.05) is 60.7 Å². The lowest BCUT2D eigenvalue weighted by atomic mass is 9.94. The van der Waals surface area contributed by atoms with Crippen molar-refractivity contribution in [3.8, 4) is 46.3 Å². The summed E-state index contributed by atoms with van der Waals surface area (Å²) in [6.07, 6.45) is 0. The number of hydrogen-bond donors (Lipinski definition) is 2. The third-order valence-electron chi connectivity index (χ3n) is 10.3. The summed E-state index contributed by atoms with van der Waals surface area (Å²) in [6, 6.07) is 43.0. The number of carbonyl (C=O) groups is 8. The SMILES string of the molecule is CC#Cc1ccc2c(c1)C(=O)OC2=O.Nc1ccc(Oc2cccc(N)c2)cc1.O=C1OC(=O)c2cc(-c3cccc4c3C(=O)OC4=O)ccc21.O=C1OC(=O)c2cc(C#Cc3ccccc3)ccc21. The average molecular weight is 929 g/mol.